The normalized spacial score (nSPS) is 10.8. The number of esters is 1. The molecule has 0 bridgehead atoms. The Morgan fingerprint density at radius 2 is 1.88 bits per heavy atom. The summed E-state index contributed by atoms with van der Waals surface area (Å²) in [7, 11) is 4.52. The zero-order chi connectivity index (χ0) is 23.3. The molecule has 1 N–H and O–H groups in total. The fourth-order valence-corrected chi connectivity index (χ4v) is 4.05. The van der Waals surface area contributed by atoms with Crippen molar-refractivity contribution in [3.8, 4) is 11.5 Å². The summed E-state index contributed by atoms with van der Waals surface area (Å²) in [6, 6.07) is 4.94. The van der Waals surface area contributed by atoms with Gasteiger partial charge in [0.25, 0.3) is 5.56 Å². The molecule has 0 saturated carbocycles. The van der Waals surface area contributed by atoms with E-state index in [2.05, 4.69) is 10.3 Å². The number of rotatable bonds is 9. The van der Waals surface area contributed by atoms with Crippen LogP contribution in [0.4, 0.5) is 5.69 Å². The lowest BCUT2D eigenvalue weighted by Crippen LogP contribution is -2.28. The molecule has 170 valence electrons. The van der Waals surface area contributed by atoms with Crippen molar-refractivity contribution in [3.05, 3.63) is 45.3 Å². The van der Waals surface area contributed by atoms with E-state index in [-0.39, 0.29) is 25.1 Å². The number of thiophene rings is 1. The Bertz CT molecular complexity index is 1200. The molecule has 3 aromatic rings. The minimum atomic E-state index is -0.542. The minimum Gasteiger partial charge on any atom is -0.493 e. The second-order valence-corrected chi connectivity index (χ2v) is 7.66. The molecule has 0 radical (unpaired) electrons. The van der Waals surface area contributed by atoms with Crippen LogP contribution in [0.3, 0.4) is 0 Å². The molecular weight excluding hydrogens is 438 g/mol. The first-order valence-electron chi connectivity index (χ1n) is 9.56. The van der Waals surface area contributed by atoms with Gasteiger partial charge >= 0.3 is 5.97 Å². The van der Waals surface area contributed by atoms with Gasteiger partial charge < -0.3 is 24.3 Å². The largest absolute Gasteiger partial charge is 0.493 e. The number of aryl methyl sites for hydroxylation is 1. The van der Waals surface area contributed by atoms with Crippen molar-refractivity contribution in [2.75, 3.05) is 39.9 Å². The molecule has 3 rings (SSSR count). The van der Waals surface area contributed by atoms with E-state index in [1.54, 1.807) is 25.1 Å². The van der Waals surface area contributed by atoms with Crippen LogP contribution in [0.1, 0.15) is 15.2 Å². The summed E-state index contributed by atoms with van der Waals surface area (Å²) < 4.78 is 21.6. The lowest BCUT2D eigenvalue weighted by molar-refractivity contribution is -0.116. The Morgan fingerprint density at radius 3 is 2.56 bits per heavy atom. The smallest absolute Gasteiger partial charge is 0.348 e. The topological polar surface area (TPSA) is 118 Å². The molecule has 2 heterocycles. The summed E-state index contributed by atoms with van der Waals surface area (Å²) in [6.45, 7) is 1.79. The van der Waals surface area contributed by atoms with Crippen molar-refractivity contribution in [1.29, 1.82) is 0 Å². The Hall–Kier alpha value is -3.44. The summed E-state index contributed by atoms with van der Waals surface area (Å²) in [5, 5.41) is 3.00. The first-order valence-corrected chi connectivity index (χ1v) is 10.4. The van der Waals surface area contributed by atoms with Crippen molar-refractivity contribution in [2.45, 2.75) is 13.5 Å². The molecule has 0 aliphatic rings. The number of nitrogens with one attached hydrogen (secondary N) is 1. The number of hydrogen-bond acceptors (Lipinski definition) is 9. The van der Waals surface area contributed by atoms with Crippen LogP contribution in [-0.4, -0.2) is 56.0 Å². The maximum absolute atomic E-state index is 13.0. The number of aromatic nitrogens is 2. The lowest BCUT2D eigenvalue weighted by Gasteiger charge is -2.11. The molecule has 0 aliphatic carbocycles. The maximum Gasteiger partial charge on any atom is 0.348 e. The summed E-state index contributed by atoms with van der Waals surface area (Å²) in [5.74, 6) is 0.0254. The van der Waals surface area contributed by atoms with E-state index in [4.69, 9.17) is 18.9 Å². The molecule has 0 unspecified atom stereocenters. The fourth-order valence-electron chi connectivity index (χ4n) is 3.02. The third kappa shape index (κ3) is 4.89. The van der Waals surface area contributed by atoms with Crippen LogP contribution in [0.15, 0.2) is 29.3 Å². The third-order valence-corrected chi connectivity index (χ3v) is 5.78. The van der Waals surface area contributed by atoms with Gasteiger partial charge in [0.1, 0.15) is 22.9 Å². The fraction of sp³-hybridized carbons (Fsp3) is 0.333. The number of carbonyl (C=O) groups excluding carboxylic acids is 2. The maximum atomic E-state index is 13.0. The Balaban J connectivity index is 1.80. The van der Waals surface area contributed by atoms with E-state index in [9.17, 15) is 14.4 Å². The Labute approximate surface area is 187 Å². The highest BCUT2D eigenvalue weighted by molar-refractivity contribution is 7.20. The lowest BCUT2D eigenvalue weighted by atomic mass is 10.2. The zero-order valence-electron chi connectivity index (χ0n) is 18.1. The second kappa shape index (κ2) is 10.2. The quantitative estimate of drug-likeness (QED) is 0.381. The van der Waals surface area contributed by atoms with Gasteiger partial charge in [-0.2, -0.15) is 0 Å². The van der Waals surface area contributed by atoms with E-state index in [0.717, 1.165) is 11.3 Å². The molecule has 1 amide bonds. The number of nitrogens with zero attached hydrogens (tertiary/aromatic N) is 2. The van der Waals surface area contributed by atoms with Gasteiger partial charge in [0, 0.05) is 18.9 Å². The summed E-state index contributed by atoms with van der Waals surface area (Å²) >= 11 is 1.08. The van der Waals surface area contributed by atoms with Crippen LogP contribution >= 0.6 is 11.3 Å². The molecule has 1 aromatic carbocycles. The van der Waals surface area contributed by atoms with Crippen LogP contribution in [0.5, 0.6) is 11.5 Å². The van der Waals surface area contributed by atoms with E-state index >= 15 is 0 Å². The van der Waals surface area contributed by atoms with E-state index in [1.165, 1.54) is 32.2 Å². The van der Waals surface area contributed by atoms with E-state index in [1.807, 2.05) is 0 Å². The van der Waals surface area contributed by atoms with E-state index in [0.29, 0.717) is 32.5 Å². The zero-order valence-corrected chi connectivity index (χ0v) is 18.9. The molecule has 0 spiro atoms. The third-order valence-electron chi connectivity index (χ3n) is 4.60. The first-order chi connectivity index (χ1) is 15.4. The molecule has 10 nitrogen and oxygen atoms in total. The van der Waals surface area contributed by atoms with Crippen molar-refractivity contribution in [3.63, 3.8) is 0 Å². The SMILES string of the molecule is COCCOC(=O)c1sc2ncn(CC(=O)Nc3ccc(OC)c(OC)c3)c(=O)c2c1C. The van der Waals surface area contributed by atoms with Gasteiger partial charge in [-0.3, -0.25) is 14.2 Å². The van der Waals surface area contributed by atoms with Crippen LogP contribution in [0.2, 0.25) is 0 Å². The highest BCUT2D eigenvalue weighted by Gasteiger charge is 2.21. The van der Waals surface area contributed by atoms with Crippen molar-refractivity contribution >= 4 is 39.1 Å². The van der Waals surface area contributed by atoms with Crippen molar-refractivity contribution in [1.82, 2.24) is 9.55 Å². The van der Waals surface area contributed by atoms with E-state index < -0.39 is 17.4 Å². The van der Waals surface area contributed by atoms with Gasteiger partial charge in [-0.15, -0.1) is 11.3 Å². The van der Waals surface area contributed by atoms with Gasteiger partial charge in [0.05, 0.1) is 32.5 Å². The Kier molecular flexibility index (Phi) is 7.44. The molecular formula is C21H23N3O7S. The van der Waals surface area contributed by atoms with Gasteiger partial charge in [-0.25, -0.2) is 9.78 Å². The standard InChI is InChI=1S/C21H23N3O7S/c1-12-17-19(32-18(12)21(27)31-8-7-28-2)22-11-24(20(17)26)10-16(25)23-13-5-6-14(29-3)15(9-13)30-4/h5-6,9,11H,7-8,10H2,1-4H3,(H,23,25). The molecule has 11 heteroatoms. The van der Waals surface area contributed by atoms with Crippen molar-refractivity contribution < 1.29 is 28.5 Å². The Morgan fingerprint density at radius 1 is 1.12 bits per heavy atom. The van der Waals surface area contributed by atoms with Gasteiger partial charge in [0.2, 0.25) is 5.91 Å². The number of benzene rings is 1. The van der Waals surface area contributed by atoms with Gasteiger partial charge in [-0.05, 0) is 24.6 Å². The minimum absolute atomic E-state index is 0.108. The van der Waals surface area contributed by atoms with Crippen LogP contribution in [0.25, 0.3) is 10.2 Å². The molecule has 0 saturated heterocycles. The predicted octanol–water partition coefficient (Wildman–Crippen LogP) is 2.23. The molecule has 0 aliphatic heterocycles. The number of amides is 1. The first kappa shape index (κ1) is 23.2. The highest BCUT2D eigenvalue weighted by Crippen LogP contribution is 2.30. The monoisotopic (exact) mass is 461 g/mol. The number of ether oxygens (including phenoxy) is 4. The van der Waals surface area contributed by atoms with Gasteiger partial charge in [0.15, 0.2) is 11.5 Å². The van der Waals surface area contributed by atoms with Crippen LogP contribution in [0, 0.1) is 6.92 Å². The second-order valence-electron chi connectivity index (χ2n) is 6.66. The van der Waals surface area contributed by atoms with Gasteiger partial charge in [-0.1, -0.05) is 0 Å². The summed E-state index contributed by atoms with van der Waals surface area (Å²) in [5.41, 5.74) is 0.546. The average Bonchev–Trinajstić information content (AvgIpc) is 3.12. The number of hydrogen-bond donors (Lipinski definition) is 1. The number of methoxy groups -OCH3 is 3. The summed E-state index contributed by atoms with van der Waals surface area (Å²) in [4.78, 5) is 42.7. The molecule has 32 heavy (non-hydrogen) atoms. The van der Waals surface area contributed by atoms with Crippen molar-refractivity contribution in [2.24, 2.45) is 0 Å². The number of anilines is 1. The molecule has 0 atom stereocenters. The van der Waals surface area contributed by atoms with Crippen LogP contribution in [-0.2, 0) is 20.8 Å². The predicted molar refractivity (Wildman–Crippen MR) is 119 cm³/mol. The highest BCUT2D eigenvalue weighted by atomic mass is 32.1. The molecule has 2 aromatic heterocycles. The number of carbonyl (C=O) groups is 2. The number of fused-ring (bicyclic) bond motifs is 1. The van der Waals surface area contributed by atoms with Crippen LogP contribution < -0.4 is 20.3 Å². The molecule has 0 fully saturated rings. The average molecular weight is 461 g/mol. The summed E-state index contributed by atoms with van der Waals surface area (Å²) in [6.07, 6.45) is 1.29.